The van der Waals surface area contributed by atoms with E-state index in [0.717, 1.165) is 21.4 Å². The number of anilines is 2. The number of aromatic nitrogens is 4. The van der Waals surface area contributed by atoms with Gasteiger partial charge in [-0.2, -0.15) is 0 Å². The van der Waals surface area contributed by atoms with Crippen molar-refractivity contribution in [2.75, 3.05) is 17.7 Å². The summed E-state index contributed by atoms with van der Waals surface area (Å²) in [6, 6.07) is 0. The van der Waals surface area contributed by atoms with Gasteiger partial charge in [-0.3, -0.25) is 4.79 Å². The van der Waals surface area contributed by atoms with E-state index in [9.17, 15) is 4.79 Å². The van der Waals surface area contributed by atoms with E-state index in [0.29, 0.717) is 23.3 Å². The molecule has 3 heterocycles. The number of hydrogen-bond donors (Lipinski definition) is 2. The van der Waals surface area contributed by atoms with Crippen LogP contribution in [0.2, 0.25) is 0 Å². The Kier molecular flexibility index (Phi) is 3.69. The Labute approximate surface area is 131 Å². The topological polar surface area (TPSA) is 84.7 Å². The van der Waals surface area contributed by atoms with Gasteiger partial charge in [0, 0.05) is 20.5 Å². The zero-order chi connectivity index (χ0) is 15.9. The summed E-state index contributed by atoms with van der Waals surface area (Å²) >= 11 is 1.37. The molecule has 0 aromatic carbocycles. The Morgan fingerprint density at radius 3 is 2.82 bits per heavy atom. The van der Waals surface area contributed by atoms with Crippen molar-refractivity contribution in [3.05, 3.63) is 6.33 Å². The third kappa shape index (κ3) is 2.50. The number of nitrogens with zero attached hydrogens (tertiary/aromatic N) is 4. The number of thiazole rings is 1. The number of fused-ring (bicyclic) bond motifs is 3. The molecule has 3 aromatic rings. The molecule has 0 spiro atoms. The molecular weight excluding hydrogens is 300 g/mol. The first-order valence-electron chi connectivity index (χ1n) is 7.08. The predicted octanol–water partition coefficient (Wildman–Crippen LogP) is 2.60. The average molecular weight is 318 g/mol. The Morgan fingerprint density at radius 2 is 2.14 bits per heavy atom. The number of rotatable bonds is 4. The molecule has 0 fully saturated rings. The third-order valence-electron chi connectivity index (χ3n) is 3.29. The SMILES string of the molecule is CNc1nc2sc(NC(=O)CC(C)C)nc2c2c1ncn2C. The standard InChI is InChI=1S/C14H18N6OS/c1-7(2)5-8(21)17-14-18-10-11-9(16-6-20(11)4)12(15-3)19-13(10)22-14/h6-7H,5H2,1-4H3,(H,15,19)(H,17,18,21). The molecule has 8 heteroatoms. The van der Waals surface area contributed by atoms with Crippen molar-refractivity contribution in [1.82, 2.24) is 19.5 Å². The molecule has 3 aromatic heterocycles. The second-order valence-corrected chi connectivity index (χ2v) is 6.56. The molecule has 0 radical (unpaired) electrons. The Balaban J connectivity index is 2.07. The van der Waals surface area contributed by atoms with E-state index in [1.165, 1.54) is 11.3 Å². The lowest BCUT2D eigenvalue weighted by atomic mass is 10.1. The summed E-state index contributed by atoms with van der Waals surface area (Å²) in [7, 11) is 3.74. The van der Waals surface area contributed by atoms with Crippen molar-refractivity contribution in [2.45, 2.75) is 20.3 Å². The van der Waals surface area contributed by atoms with Gasteiger partial charge in [0.2, 0.25) is 5.91 Å². The molecule has 0 bridgehead atoms. The highest BCUT2D eigenvalue weighted by molar-refractivity contribution is 7.22. The quantitative estimate of drug-likeness (QED) is 0.772. The smallest absolute Gasteiger partial charge is 0.226 e. The molecule has 0 atom stereocenters. The van der Waals surface area contributed by atoms with E-state index < -0.39 is 0 Å². The maximum atomic E-state index is 11.9. The highest BCUT2D eigenvalue weighted by Gasteiger charge is 2.17. The van der Waals surface area contributed by atoms with Crippen LogP contribution in [0.15, 0.2) is 6.33 Å². The van der Waals surface area contributed by atoms with Crippen molar-refractivity contribution >= 4 is 49.6 Å². The second kappa shape index (κ2) is 5.53. The Bertz CT molecular complexity index is 850. The second-order valence-electron chi connectivity index (χ2n) is 5.58. The monoisotopic (exact) mass is 318 g/mol. The highest BCUT2D eigenvalue weighted by atomic mass is 32.1. The first kappa shape index (κ1) is 14.7. The van der Waals surface area contributed by atoms with Gasteiger partial charge in [-0.1, -0.05) is 25.2 Å². The number of pyridine rings is 1. The molecule has 0 aliphatic heterocycles. The zero-order valence-corrected chi connectivity index (χ0v) is 13.8. The van der Waals surface area contributed by atoms with Crippen LogP contribution in [0.4, 0.5) is 10.9 Å². The molecule has 0 aliphatic carbocycles. The minimum absolute atomic E-state index is 0.0239. The van der Waals surface area contributed by atoms with Crippen LogP contribution < -0.4 is 10.6 Å². The summed E-state index contributed by atoms with van der Waals surface area (Å²) in [6.45, 7) is 4.02. The number of imidazole rings is 1. The largest absolute Gasteiger partial charge is 0.371 e. The lowest BCUT2D eigenvalue weighted by Crippen LogP contribution is -2.13. The van der Waals surface area contributed by atoms with E-state index in [1.807, 2.05) is 32.5 Å². The summed E-state index contributed by atoms with van der Waals surface area (Å²) in [5, 5.41) is 6.48. The molecule has 0 saturated carbocycles. The number of amides is 1. The summed E-state index contributed by atoms with van der Waals surface area (Å²) in [6.07, 6.45) is 2.22. The summed E-state index contributed by atoms with van der Waals surface area (Å²) in [4.78, 5) is 26.1. The number of hydrogen-bond acceptors (Lipinski definition) is 6. The summed E-state index contributed by atoms with van der Waals surface area (Å²) < 4.78 is 1.92. The Morgan fingerprint density at radius 1 is 1.36 bits per heavy atom. The van der Waals surface area contributed by atoms with Gasteiger partial charge in [0.15, 0.2) is 10.9 Å². The molecule has 1 amide bonds. The first-order chi connectivity index (χ1) is 10.5. The summed E-state index contributed by atoms with van der Waals surface area (Å²) in [5.41, 5.74) is 2.46. The van der Waals surface area contributed by atoms with Crippen molar-refractivity contribution < 1.29 is 4.79 Å². The van der Waals surface area contributed by atoms with Gasteiger partial charge in [-0.15, -0.1) is 0 Å². The van der Waals surface area contributed by atoms with Crippen LogP contribution in [-0.2, 0) is 11.8 Å². The predicted molar refractivity (Wildman–Crippen MR) is 89.3 cm³/mol. The lowest BCUT2D eigenvalue weighted by molar-refractivity contribution is -0.116. The lowest BCUT2D eigenvalue weighted by Gasteiger charge is -2.03. The van der Waals surface area contributed by atoms with Crippen molar-refractivity contribution in [2.24, 2.45) is 13.0 Å². The van der Waals surface area contributed by atoms with Gasteiger partial charge in [-0.25, -0.2) is 15.0 Å². The summed E-state index contributed by atoms with van der Waals surface area (Å²) in [5.74, 6) is 1.00. The first-order valence-corrected chi connectivity index (χ1v) is 7.90. The van der Waals surface area contributed by atoms with Gasteiger partial charge in [0.25, 0.3) is 0 Å². The van der Waals surface area contributed by atoms with Crippen LogP contribution in [0, 0.1) is 5.92 Å². The van der Waals surface area contributed by atoms with Gasteiger partial charge in [0.05, 0.1) is 6.33 Å². The minimum atomic E-state index is -0.0239. The fourth-order valence-corrected chi connectivity index (χ4v) is 3.21. The number of carbonyl (C=O) groups is 1. The van der Waals surface area contributed by atoms with Crippen molar-refractivity contribution in [1.29, 1.82) is 0 Å². The normalized spacial score (nSPS) is 11.5. The molecular formula is C14H18N6OS. The zero-order valence-electron chi connectivity index (χ0n) is 13.0. The fraction of sp³-hybridized carbons (Fsp3) is 0.429. The molecule has 0 aliphatic rings. The van der Waals surface area contributed by atoms with E-state index in [2.05, 4.69) is 25.6 Å². The van der Waals surface area contributed by atoms with Gasteiger partial charge >= 0.3 is 0 Å². The molecule has 7 nitrogen and oxygen atoms in total. The van der Waals surface area contributed by atoms with Crippen LogP contribution >= 0.6 is 11.3 Å². The number of aryl methyl sites for hydroxylation is 1. The molecule has 22 heavy (non-hydrogen) atoms. The molecule has 116 valence electrons. The maximum Gasteiger partial charge on any atom is 0.226 e. The number of carbonyl (C=O) groups excluding carboxylic acids is 1. The molecule has 2 N–H and O–H groups in total. The highest BCUT2D eigenvalue weighted by Crippen LogP contribution is 2.33. The van der Waals surface area contributed by atoms with Crippen LogP contribution in [0.25, 0.3) is 21.4 Å². The van der Waals surface area contributed by atoms with Crippen LogP contribution in [-0.4, -0.2) is 32.5 Å². The van der Waals surface area contributed by atoms with E-state index in [-0.39, 0.29) is 5.91 Å². The molecule has 0 unspecified atom stereocenters. The molecule has 0 saturated heterocycles. The van der Waals surface area contributed by atoms with Gasteiger partial charge in [0.1, 0.15) is 21.4 Å². The number of nitrogens with one attached hydrogen (secondary N) is 2. The van der Waals surface area contributed by atoms with E-state index >= 15 is 0 Å². The van der Waals surface area contributed by atoms with Crippen molar-refractivity contribution in [3.8, 4) is 0 Å². The molecule has 3 rings (SSSR count). The van der Waals surface area contributed by atoms with Crippen LogP contribution in [0.1, 0.15) is 20.3 Å². The van der Waals surface area contributed by atoms with E-state index in [4.69, 9.17) is 0 Å². The van der Waals surface area contributed by atoms with Gasteiger partial charge < -0.3 is 15.2 Å². The maximum absolute atomic E-state index is 11.9. The van der Waals surface area contributed by atoms with Crippen LogP contribution in [0.5, 0.6) is 0 Å². The van der Waals surface area contributed by atoms with Crippen LogP contribution in [0.3, 0.4) is 0 Å². The fourth-order valence-electron chi connectivity index (χ4n) is 2.35. The third-order valence-corrected chi connectivity index (χ3v) is 4.15. The van der Waals surface area contributed by atoms with Crippen molar-refractivity contribution in [3.63, 3.8) is 0 Å². The van der Waals surface area contributed by atoms with Gasteiger partial charge in [-0.05, 0) is 5.92 Å². The van der Waals surface area contributed by atoms with E-state index in [1.54, 1.807) is 6.33 Å². The average Bonchev–Trinajstić information content (AvgIpc) is 3.00. The Hall–Kier alpha value is -2.22. The minimum Gasteiger partial charge on any atom is -0.371 e.